The zero-order chi connectivity index (χ0) is 15.4. The van der Waals surface area contributed by atoms with E-state index in [9.17, 15) is 52.3 Å². The van der Waals surface area contributed by atoms with Crippen molar-refractivity contribution in [1.82, 2.24) is 0 Å². The number of rotatable bonds is 2. The summed E-state index contributed by atoms with van der Waals surface area (Å²) in [6.45, 7) is 0. The van der Waals surface area contributed by atoms with Crippen LogP contribution < -0.4 is 0 Å². The van der Waals surface area contributed by atoms with Gasteiger partial charge in [0.1, 0.15) is 31.7 Å². The molecule has 0 N–H and O–H groups in total. The molecule has 0 saturated heterocycles. The van der Waals surface area contributed by atoms with E-state index in [-0.39, 0.29) is 19.5 Å². The topological polar surface area (TPSA) is 114 Å². The molecule has 0 saturated carbocycles. The maximum atomic E-state index is 11.0. The van der Waals surface area contributed by atoms with Crippen molar-refractivity contribution in [1.29, 1.82) is 0 Å². The molecule has 0 fully saturated rings. The monoisotopic (exact) mass is 390 g/mol. The summed E-state index contributed by atoms with van der Waals surface area (Å²) in [5, 5.41) is 0. The molecule has 0 spiro atoms. The first-order chi connectivity index (χ1) is 7.41. The van der Waals surface area contributed by atoms with Gasteiger partial charge >= 0.3 is 31.8 Å². The van der Waals surface area contributed by atoms with Crippen molar-refractivity contribution in [3.05, 3.63) is 0 Å². The molecule has 112 valence electrons. The van der Waals surface area contributed by atoms with Crippen molar-refractivity contribution in [2.45, 2.75) is 12.4 Å². The van der Waals surface area contributed by atoms with Gasteiger partial charge in [0.2, 0.25) is 0 Å². The molecule has 0 aliphatic rings. The molecule has 0 unspecified atom stereocenters. The third kappa shape index (κ3) is 32.0. The molecule has 0 aromatic carbocycles. The molecule has 0 amide bonds. The molecule has 0 rings (SSSR count). The Kier molecular flexibility index (Phi) is 9.77. The van der Waals surface area contributed by atoms with Gasteiger partial charge in [-0.05, 0) is 0 Å². The Bertz CT molecular complexity index is 405. The molecule has 0 aromatic rings. The summed E-state index contributed by atoms with van der Waals surface area (Å²) in [7, 11) is -10.3. The first-order valence-corrected chi connectivity index (χ1v) is 6.57. The largest absolute Gasteiger partial charge is 2.00 e. The summed E-state index contributed by atoms with van der Waals surface area (Å²) in [6, 6.07) is 0. The van der Waals surface area contributed by atoms with Gasteiger partial charge in [-0.15, -0.1) is 0 Å². The Morgan fingerprint density at radius 3 is 0.842 bits per heavy atom. The molecule has 0 bridgehead atoms. The first kappa shape index (κ1) is 24.1. The second-order valence-electron chi connectivity index (χ2n) is 2.63. The normalized spacial score (nSPS) is 13.1. The van der Waals surface area contributed by atoms with Crippen LogP contribution in [0.1, 0.15) is 0 Å². The fraction of sp³-hybridized carbons (Fsp3) is 1.00. The second-order valence-corrected chi connectivity index (χ2v) is 5.44. The minimum Gasteiger partial charge on any atom is -0.748 e. The number of alkyl halides is 6. The van der Waals surface area contributed by atoms with Crippen LogP contribution in [0.2, 0.25) is 0 Å². The van der Waals surface area contributed by atoms with Crippen LogP contribution in [-0.4, -0.2) is 49.8 Å². The van der Waals surface area contributed by atoms with Crippen LogP contribution >= 0.6 is 0 Å². The summed E-state index contributed by atoms with van der Waals surface area (Å²) in [5.74, 6) is -4.58. The molecule has 15 heteroatoms. The molecule has 0 aromatic heterocycles. The van der Waals surface area contributed by atoms with E-state index in [0.717, 1.165) is 0 Å². The maximum Gasteiger partial charge on any atom is 2.00 e. The summed E-state index contributed by atoms with van der Waals surface area (Å²) in [5.41, 5.74) is 0. The summed E-state index contributed by atoms with van der Waals surface area (Å²) in [4.78, 5) is 0. The van der Waals surface area contributed by atoms with Crippen molar-refractivity contribution in [2.24, 2.45) is 0 Å². The van der Waals surface area contributed by atoms with Gasteiger partial charge in [0, 0.05) is 0 Å². The Morgan fingerprint density at radius 2 is 0.842 bits per heavy atom. The van der Waals surface area contributed by atoms with E-state index >= 15 is 0 Å². The number of hydrogen-bond acceptors (Lipinski definition) is 6. The van der Waals surface area contributed by atoms with Crippen molar-refractivity contribution in [2.75, 3.05) is 11.5 Å². The van der Waals surface area contributed by atoms with Gasteiger partial charge in [-0.1, -0.05) is 0 Å². The zero-order valence-corrected chi connectivity index (χ0v) is 13.3. The van der Waals surface area contributed by atoms with Crippen LogP contribution in [0.15, 0.2) is 0 Å². The van der Waals surface area contributed by atoms with Gasteiger partial charge in [0.05, 0.1) is 0 Å². The van der Waals surface area contributed by atoms with Crippen LogP contribution in [0, 0.1) is 0 Å². The third-order valence-electron chi connectivity index (χ3n) is 0.681. The average Bonchev–Trinajstić information content (AvgIpc) is 1.64. The van der Waals surface area contributed by atoms with Gasteiger partial charge in [-0.2, -0.15) is 26.3 Å². The standard InChI is InChI=1S/2C2H3F3O3S.Zn/c2*3-2(4,5)1-9(6,7)8;/h2*1H2,(H,6,7,8);/q;;+2/p-2. The minimum absolute atomic E-state index is 0. The van der Waals surface area contributed by atoms with E-state index in [4.69, 9.17) is 0 Å². The van der Waals surface area contributed by atoms with E-state index < -0.39 is 44.1 Å². The van der Waals surface area contributed by atoms with Crippen LogP contribution in [-0.2, 0) is 39.7 Å². The van der Waals surface area contributed by atoms with Crippen LogP contribution in [0.4, 0.5) is 26.3 Å². The maximum absolute atomic E-state index is 11.0. The molecule has 0 heterocycles. The Hall–Kier alpha value is 0.0234. The quantitative estimate of drug-likeness (QED) is 0.377. The van der Waals surface area contributed by atoms with Crippen molar-refractivity contribution >= 4 is 20.2 Å². The molecule has 0 aliphatic carbocycles. The molecule has 0 aliphatic heterocycles. The molecule has 6 nitrogen and oxygen atoms in total. The van der Waals surface area contributed by atoms with E-state index in [1.807, 2.05) is 0 Å². The SMILES string of the molecule is O=S(=O)([O-])CC(F)(F)F.O=S(=O)([O-])CC(F)(F)F.[Zn+2]. The van der Waals surface area contributed by atoms with Crippen molar-refractivity contribution in [3.63, 3.8) is 0 Å². The van der Waals surface area contributed by atoms with Crippen LogP contribution in [0.3, 0.4) is 0 Å². The Balaban J connectivity index is -0.000000256. The summed E-state index contributed by atoms with van der Waals surface area (Å²) < 4.78 is 122. The number of halogens is 6. The predicted molar refractivity (Wildman–Crippen MR) is 41.2 cm³/mol. The van der Waals surface area contributed by atoms with E-state index in [2.05, 4.69) is 0 Å². The van der Waals surface area contributed by atoms with Crippen LogP contribution in [0.5, 0.6) is 0 Å². The minimum atomic E-state index is -5.16. The van der Waals surface area contributed by atoms with E-state index in [1.165, 1.54) is 0 Å². The van der Waals surface area contributed by atoms with Crippen LogP contribution in [0.25, 0.3) is 0 Å². The van der Waals surface area contributed by atoms with Gasteiger partial charge < -0.3 is 9.11 Å². The second kappa shape index (κ2) is 7.71. The van der Waals surface area contributed by atoms with Gasteiger partial charge in [-0.25, -0.2) is 16.8 Å². The third-order valence-corrected chi connectivity index (χ3v) is 2.04. The predicted octanol–water partition coefficient (Wildman–Crippen LogP) is 0.185. The molecular formula is C4H4F6O6S2Zn. The van der Waals surface area contributed by atoms with Crippen molar-refractivity contribution < 1.29 is 71.8 Å². The Morgan fingerprint density at radius 1 is 0.684 bits per heavy atom. The summed E-state index contributed by atoms with van der Waals surface area (Å²) in [6.07, 6.45) is -9.83. The molecule has 0 atom stereocenters. The molecule has 19 heavy (non-hydrogen) atoms. The van der Waals surface area contributed by atoms with Crippen molar-refractivity contribution in [3.8, 4) is 0 Å². The molecular weight excluding hydrogens is 388 g/mol. The summed E-state index contributed by atoms with van der Waals surface area (Å²) >= 11 is 0. The fourth-order valence-electron chi connectivity index (χ4n) is 0.401. The zero-order valence-electron chi connectivity index (χ0n) is 8.66. The first-order valence-electron chi connectivity index (χ1n) is 3.42. The van der Waals surface area contributed by atoms with E-state index in [0.29, 0.717) is 0 Å². The average molecular weight is 392 g/mol. The fourth-order valence-corrected chi connectivity index (χ4v) is 1.20. The van der Waals surface area contributed by atoms with Gasteiger partial charge in [-0.3, -0.25) is 0 Å². The smallest absolute Gasteiger partial charge is 0.748 e. The Labute approximate surface area is 116 Å². The number of hydrogen-bond donors (Lipinski definition) is 0. The molecule has 0 radical (unpaired) electrons. The van der Waals surface area contributed by atoms with E-state index in [1.54, 1.807) is 0 Å². The van der Waals surface area contributed by atoms with Gasteiger partial charge in [0.25, 0.3) is 0 Å². The van der Waals surface area contributed by atoms with Gasteiger partial charge in [0.15, 0.2) is 0 Å².